The lowest BCUT2D eigenvalue weighted by Crippen LogP contribution is -2.35. The van der Waals surface area contributed by atoms with Gasteiger partial charge in [-0.2, -0.15) is 0 Å². The molecule has 0 radical (unpaired) electrons. The number of nitrogens with zero attached hydrogens (tertiary/aromatic N) is 1. The molecular weight excluding hydrogens is 266 g/mol. The summed E-state index contributed by atoms with van der Waals surface area (Å²) in [6, 6.07) is 7.76. The fraction of sp³-hybridized carbons (Fsp3) is 0.588. The van der Waals surface area contributed by atoms with Crippen LogP contribution in [0.1, 0.15) is 44.6 Å². The minimum Gasteiger partial charge on any atom is -0.494 e. The van der Waals surface area contributed by atoms with Crippen LogP contribution in [0.25, 0.3) is 0 Å². The number of para-hydroxylation sites is 1. The van der Waals surface area contributed by atoms with Crippen molar-refractivity contribution in [3.63, 3.8) is 0 Å². The van der Waals surface area contributed by atoms with Gasteiger partial charge in [0.15, 0.2) is 0 Å². The van der Waals surface area contributed by atoms with Gasteiger partial charge in [-0.3, -0.25) is 4.79 Å². The Labute approximate surface area is 126 Å². The number of rotatable bonds is 6. The van der Waals surface area contributed by atoms with E-state index in [9.17, 15) is 9.90 Å². The molecule has 4 nitrogen and oxygen atoms in total. The molecule has 1 amide bonds. The van der Waals surface area contributed by atoms with Crippen LogP contribution in [-0.4, -0.2) is 35.2 Å². The summed E-state index contributed by atoms with van der Waals surface area (Å²) in [6.07, 6.45) is 3.73. The smallest absolute Gasteiger partial charge is 0.225 e. The summed E-state index contributed by atoms with van der Waals surface area (Å²) in [5, 5.41) is 10.3. The van der Waals surface area contributed by atoms with Gasteiger partial charge in [0.2, 0.25) is 5.91 Å². The molecule has 1 aliphatic carbocycles. The molecule has 21 heavy (non-hydrogen) atoms. The molecule has 1 fully saturated rings. The number of hydrogen-bond donors (Lipinski definition) is 1. The maximum absolute atomic E-state index is 12.3. The van der Waals surface area contributed by atoms with Crippen LogP contribution in [0.2, 0.25) is 0 Å². The molecule has 0 heterocycles. The van der Waals surface area contributed by atoms with E-state index in [0.29, 0.717) is 13.2 Å². The fourth-order valence-corrected chi connectivity index (χ4v) is 2.90. The number of ether oxygens (including phenoxy) is 1. The summed E-state index contributed by atoms with van der Waals surface area (Å²) in [5.41, 5.74) is 0.207. The van der Waals surface area contributed by atoms with Gasteiger partial charge in [0.05, 0.1) is 18.6 Å². The zero-order valence-electron chi connectivity index (χ0n) is 13.0. The lowest BCUT2D eigenvalue weighted by atomic mass is 9.97. The second-order valence-electron chi connectivity index (χ2n) is 5.90. The van der Waals surface area contributed by atoms with Gasteiger partial charge >= 0.3 is 0 Å². The van der Waals surface area contributed by atoms with E-state index >= 15 is 0 Å². The molecular formula is C17H25NO3. The van der Waals surface area contributed by atoms with Crippen LogP contribution in [0.3, 0.4) is 0 Å². The highest BCUT2D eigenvalue weighted by atomic mass is 16.5. The van der Waals surface area contributed by atoms with Crippen LogP contribution in [0.4, 0.5) is 0 Å². The molecule has 1 aliphatic rings. The molecule has 0 aliphatic heterocycles. The molecule has 0 unspecified atom stereocenters. The monoisotopic (exact) mass is 291 g/mol. The van der Waals surface area contributed by atoms with E-state index in [1.807, 2.05) is 31.2 Å². The van der Waals surface area contributed by atoms with Crippen LogP contribution >= 0.6 is 0 Å². The summed E-state index contributed by atoms with van der Waals surface area (Å²) >= 11 is 0. The van der Waals surface area contributed by atoms with Crippen molar-refractivity contribution in [2.75, 3.05) is 13.7 Å². The van der Waals surface area contributed by atoms with Gasteiger partial charge in [-0.05, 0) is 25.8 Å². The Kier molecular flexibility index (Phi) is 5.23. The van der Waals surface area contributed by atoms with Gasteiger partial charge < -0.3 is 14.7 Å². The first-order valence-electron chi connectivity index (χ1n) is 7.71. The Balaban J connectivity index is 1.97. The molecule has 1 aromatic rings. The number of carbonyl (C=O) groups excluding carboxylic acids is 1. The van der Waals surface area contributed by atoms with Crippen molar-refractivity contribution < 1.29 is 14.6 Å². The van der Waals surface area contributed by atoms with Gasteiger partial charge in [0.1, 0.15) is 5.75 Å². The number of hydrogen-bond acceptors (Lipinski definition) is 3. The summed E-state index contributed by atoms with van der Waals surface area (Å²) in [4.78, 5) is 14.0. The van der Waals surface area contributed by atoms with Crippen LogP contribution in [0.5, 0.6) is 5.75 Å². The highest BCUT2D eigenvalue weighted by molar-refractivity contribution is 5.77. The third-order valence-corrected chi connectivity index (χ3v) is 4.12. The standard InChI is InChI=1S/C17H25NO3/c1-3-21-15-9-5-4-8-14(15)13-18(2)16(19)12-17(20)10-6-7-11-17/h4-5,8-9,20H,3,6-7,10-13H2,1-2H3. The van der Waals surface area contributed by atoms with Gasteiger partial charge in [0, 0.05) is 19.2 Å². The van der Waals surface area contributed by atoms with E-state index in [2.05, 4.69) is 0 Å². The molecule has 0 saturated heterocycles. The number of aliphatic hydroxyl groups is 1. The Hall–Kier alpha value is -1.55. The Bertz CT molecular complexity index is 481. The molecule has 4 heteroatoms. The third kappa shape index (κ3) is 4.21. The average molecular weight is 291 g/mol. The van der Waals surface area contributed by atoms with Crippen molar-refractivity contribution in [3.8, 4) is 5.75 Å². The second-order valence-corrected chi connectivity index (χ2v) is 5.90. The van der Waals surface area contributed by atoms with Crippen molar-refractivity contribution in [3.05, 3.63) is 29.8 Å². The number of amides is 1. The Morgan fingerprint density at radius 1 is 1.33 bits per heavy atom. The van der Waals surface area contributed by atoms with Crippen molar-refractivity contribution >= 4 is 5.91 Å². The average Bonchev–Trinajstić information content (AvgIpc) is 2.87. The summed E-state index contributed by atoms with van der Waals surface area (Å²) < 4.78 is 5.58. The highest BCUT2D eigenvalue weighted by Gasteiger charge is 2.34. The van der Waals surface area contributed by atoms with E-state index < -0.39 is 5.60 Å². The normalized spacial score (nSPS) is 16.7. The first kappa shape index (κ1) is 15.8. The van der Waals surface area contributed by atoms with Crippen LogP contribution in [0, 0.1) is 0 Å². The molecule has 1 saturated carbocycles. The first-order chi connectivity index (χ1) is 10.0. The summed E-state index contributed by atoms with van der Waals surface area (Å²) in [6.45, 7) is 3.06. The SMILES string of the molecule is CCOc1ccccc1CN(C)C(=O)CC1(O)CCCC1. The number of carbonyl (C=O) groups is 1. The quantitative estimate of drug-likeness (QED) is 0.876. The topological polar surface area (TPSA) is 49.8 Å². The lowest BCUT2D eigenvalue weighted by molar-refractivity contribution is -0.135. The van der Waals surface area contributed by atoms with Crippen molar-refractivity contribution in [1.29, 1.82) is 0 Å². The minimum absolute atomic E-state index is 0.00861. The minimum atomic E-state index is -0.787. The van der Waals surface area contributed by atoms with E-state index in [0.717, 1.165) is 37.0 Å². The largest absolute Gasteiger partial charge is 0.494 e. The molecule has 0 aromatic heterocycles. The summed E-state index contributed by atoms with van der Waals surface area (Å²) in [7, 11) is 1.78. The molecule has 0 spiro atoms. The number of benzene rings is 1. The molecule has 116 valence electrons. The Morgan fingerprint density at radius 3 is 2.67 bits per heavy atom. The molecule has 0 atom stereocenters. The lowest BCUT2D eigenvalue weighted by Gasteiger charge is -2.25. The van der Waals surface area contributed by atoms with Crippen molar-refractivity contribution in [1.82, 2.24) is 4.90 Å². The highest BCUT2D eigenvalue weighted by Crippen LogP contribution is 2.33. The summed E-state index contributed by atoms with van der Waals surface area (Å²) in [5.74, 6) is 0.810. The van der Waals surface area contributed by atoms with Gasteiger partial charge in [-0.1, -0.05) is 31.0 Å². The predicted octanol–water partition coefficient (Wildman–Crippen LogP) is 2.74. The van der Waals surface area contributed by atoms with Crippen molar-refractivity contribution in [2.24, 2.45) is 0 Å². The first-order valence-corrected chi connectivity index (χ1v) is 7.71. The Morgan fingerprint density at radius 2 is 2.00 bits per heavy atom. The van der Waals surface area contributed by atoms with E-state index in [1.54, 1.807) is 11.9 Å². The molecule has 1 N–H and O–H groups in total. The molecule has 0 bridgehead atoms. The second kappa shape index (κ2) is 6.94. The fourth-order valence-electron chi connectivity index (χ4n) is 2.90. The van der Waals surface area contributed by atoms with Crippen LogP contribution in [0.15, 0.2) is 24.3 Å². The maximum Gasteiger partial charge on any atom is 0.225 e. The van der Waals surface area contributed by atoms with Gasteiger partial charge in [0.25, 0.3) is 0 Å². The van der Waals surface area contributed by atoms with Gasteiger partial charge in [-0.25, -0.2) is 0 Å². The molecule has 2 rings (SSSR count). The van der Waals surface area contributed by atoms with E-state index in [4.69, 9.17) is 4.74 Å². The zero-order valence-corrected chi connectivity index (χ0v) is 13.0. The molecule has 1 aromatic carbocycles. The predicted molar refractivity (Wildman–Crippen MR) is 82.1 cm³/mol. The van der Waals surface area contributed by atoms with Gasteiger partial charge in [-0.15, -0.1) is 0 Å². The van der Waals surface area contributed by atoms with Crippen LogP contribution in [-0.2, 0) is 11.3 Å². The van der Waals surface area contributed by atoms with Crippen LogP contribution < -0.4 is 4.74 Å². The van der Waals surface area contributed by atoms with E-state index in [-0.39, 0.29) is 12.3 Å². The maximum atomic E-state index is 12.3. The third-order valence-electron chi connectivity index (χ3n) is 4.12. The van der Waals surface area contributed by atoms with E-state index in [1.165, 1.54) is 0 Å². The zero-order chi connectivity index (χ0) is 15.3. The van der Waals surface area contributed by atoms with Crippen molar-refractivity contribution in [2.45, 2.75) is 51.2 Å².